The maximum atomic E-state index is 10.2. The highest BCUT2D eigenvalue weighted by Crippen LogP contribution is 2.42. The van der Waals surface area contributed by atoms with Gasteiger partial charge in [-0.1, -0.05) is 24.3 Å². The lowest BCUT2D eigenvalue weighted by atomic mass is 10.3. The Hall–Kier alpha value is -2.60. The molecule has 0 radical (unpaired) electrons. The Morgan fingerprint density at radius 1 is 1.10 bits per heavy atom. The molecule has 0 aromatic heterocycles. The van der Waals surface area contributed by atoms with Crippen molar-refractivity contribution < 1.29 is 15.0 Å². The Labute approximate surface area is 120 Å². The van der Waals surface area contributed by atoms with Gasteiger partial charge in [0, 0.05) is 11.3 Å². The predicted molar refractivity (Wildman–Crippen MR) is 80.9 cm³/mol. The molecule has 0 bridgehead atoms. The molecule has 0 fully saturated rings. The number of para-hydroxylation sites is 1. The maximum absolute atomic E-state index is 10.2. The molecule has 102 valence electrons. The third-order valence-electron chi connectivity index (χ3n) is 2.48. The molecule has 1 aromatic rings. The van der Waals surface area contributed by atoms with Crippen LogP contribution in [0.15, 0.2) is 48.5 Å². The molecule has 0 heterocycles. The molecule has 5 nitrogen and oxygen atoms in total. The molecule has 4 N–H and O–H groups in total. The average molecular weight is 288 g/mol. The quantitative estimate of drug-likeness (QED) is 0.517. The van der Waals surface area contributed by atoms with Crippen LogP contribution in [0.2, 0.25) is 0 Å². The molecule has 0 aliphatic heterocycles. The summed E-state index contributed by atoms with van der Waals surface area (Å²) >= 11 is 4.71. The zero-order chi connectivity index (χ0) is 14.5. The first kappa shape index (κ1) is 13.8. The molecule has 1 aromatic carbocycles. The van der Waals surface area contributed by atoms with Crippen molar-refractivity contribution in [1.82, 2.24) is 5.32 Å². The lowest BCUT2D eigenvalue weighted by Crippen LogP contribution is -2.32. The molecule has 20 heavy (non-hydrogen) atoms. The number of hydrogen-bond donors (Lipinski definition) is 4. The molecule has 0 unspecified atom stereocenters. The number of thiocarbonyl (C=S) groups is 1. The highest BCUT2D eigenvalue weighted by molar-refractivity contribution is 7.80. The molecular weight excluding hydrogens is 276 g/mol. The highest BCUT2D eigenvalue weighted by atomic mass is 32.1. The van der Waals surface area contributed by atoms with Crippen molar-refractivity contribution in [2.45, 2.75) is 0 Å². The van der Waals surface area contributed by atoms with Crippen LogP contribution in [0.3, 0.4) is 0 Å². The van der Waals surface area contributed by atoms with E-state index >= 15 is 0 Å². The van der Waals surface area contributed by atoms with Gasteiger partial charge < -0.3 is 15.5 Å². The van der Waals surface area contributed by atoms with Gasteiger partial charge in [0.15, 0.2) is 5.11 Å². The van der Waals surface area contributed by atoms with Gasteiger partial charge in [0.25, 0.3) is 0 Å². The second kappa shape index (κ2) is 6.03. The van der Waals surface area contributed by atoms with Crippen LogP contribution in [0.1, 0.15) is 0 Å². The van der Waals surface area contributed by atoms with Crippen molar-refractivity contribution in [3.63, 3.8) is 0 Å². The Kier molecular flexibility index (Phi) is 4.17. The fraction of sp³-hybridized carbons (Fsp3) is 0. The first-order chi connectivity index (χ1) is 9.56. The van der Waals surface area contributed by atoms with Crippen LogP contribution in [-0.4, -0.2) is 21.4 Å². The SMILES string of the molecule is O=C(O)NC(=S)Nc1ccccc1.Oc1ccc2cc1-2. The number of carboxylic acid groups (broad SMARTS) is 1. The van der Waals surface area contributed by atoms with E-state index in [0.717, 1.165) is 11.3 Å². The summed E-state index contributed by atoms with van der Waals surface area (Å²) in [6, 6.07) is 14.7. The van der Waals surface area contributed by atoms with Crippen molar-refractivity contribution in [3.8, 4) is 16.9 Å². The topological polar surface area (TPSA) is 81.6 Å². The van der Waals surface area contributed by atoms with Crippen LogP contribution in [0.25, 0.3) is 11.1 Å². The summed E-state index contributed by atoms with van der Waals surface area (Å²) in [7, 11) is 0. The van der Waals surface area contributed by atoms with Crippen molar-refractivity contribution in [3.05, 3.63) is 48.5 Å². The number of amides is 1. The van der Waals surface area contributed by atoms with Crippen LogP contribution in [0.4, 0.5) is 10.5 Å². The van der Waals surface area contributed by atoms with Gasteiger partial charge in [-0.05, 0) is 42.0 Å². The summed E-state index contributed by atoms with van der Waals surface area (Å²) in [5, 5.41) is 21.9. The van der Waals surface area contributed by atoms with Gasteiger partial charge in [-0.2, -0.15) is 0 Å². The van der Waals surface area contributed by atoms with Crippen molar-refractivity contribution in [2.24, 2.45) is 0 Å². The minimum atomic E-state index is -1.17. The number of hydrogen-bond acceptors (Lipinski definition) is 3. The first-order valence-electron chi connectivity index (χ1n) is 5.75. The zero-order valence-electron chi connectivity index (χ0n) is 10.3. The van der Waals surface area contributed by atoms with Crippen molar-refractivity contribution >= 4 is 29.1 Å². The Morgan fingerprint density at radius 2 is 1.80 bits per heavy atom. The number of aromatic hydroxyl groups is 1. The van der Waals surface area contributed by atoms with Gasteiger partial charge in [-0.3, -0.25) is 5.32 Å². The molecule has 0 saturated carbocycles. The van der Waals surface area contributed by atoms with E-state index < -0.39 is 6.09 Å². The Morgan fingerprint density at radius 3 is 2.20 bits per heavy atom. The molecule has 2 aliphatic carbocycles. The highest BCUT2D eigenvalue weighted by Gasteiger charge is 2.15. The fourth-order valence-electron chi connectivity index (χ4n) is 1.52. The van der Waals surface area contributed by atoms with Gasteiger partial charge in [-0.15, -0.1) is 0 Å². The molecular formula is C14H12N2O3S. The van der Waals surface area contributed by atoms with Gasteiger partial charge in [0.05, 0.1) is 0 Å². The van der Waals surface area contributed by atoms with Gasteiger partial charge >= 0.3 is 6.09 Å². The minimum Gasteiger partial charge on any atom is -0.507 e. The maximum Gasteiger partial charge on any atom is 0.410 e. The van der Waals surface area contributed by atoms with Crippen LogP contribution in [0.5, 0.6) is 5.75 Å². The number of anilines is 1. The normalized spacial score (nSPS) is 9.80. The Bertz CT molecular complexity index is 644. The van der Waals surface area contributed by atoms with Gasteiger partial charge in [-0.25, -0.2) is 4.79 Å². The largest absolute Gasteiger partial charge is 0.507 e. The third-order valence-corrected chi connectivity index (χ3v) is 2.68. The molecule has 0 spiro atoms. The van der Waals surface area contributed by atoms with Crippen molar-refractivity contribution in [1.29, 1.82) is 0 Å². The second-order valence-corrected chi connectivity index (χ2v) is 4.39. The van der Waals surface area contributed by atoms with E-state index in [2.05, 4.69) is 5.32 Å². The molecule has 3 rings (SSSR count). The Balaban J connectivity index is 0.000000173. The average Bonchev–Trinajstić information content (AvgIpc) is 3.09. The van der Waals surface area contributed by atoms with E-state index in [0.29, 0.717) is 5.75 Å². The standard InChI is InChI=1S/C8H8N2O2S.C6H4O/c11-8(12)10-7(13)9-6-4-2-1-3-5-6;7-6-2-1-4-3-5(4)6/h1-5H,(H,11,12)(H2,9,10,13);1-3,7H. The lowest BCUT2D eigenvalue weighted by molar-refractivity contribution is 0.200. The summed E-state index contributed by atoms with van der Waals surface area (Å²) in [5.74, 6) is 0.426. The summed E-state index contributed by atoms with van der Waals surface area (Å²) in [4.78, 5) is 10.2. The van der Waals surface area contributed by atoms with Crippen LogP contribution in [-0.2, 0) is 0 Å². The number of fused-ring (bicyclic) bond motifs is 1. The molecule has 2 aliphatic rings. The lowest BCUT2D eigenvalue weighted by Gasteiger charge is -2.05. The van der Waals surface area contributed by atoms with Crippen LogP contribution < -0.4 is 10.6 Å². The van der Waals surface area contributed by atoms with E-state index in [1.807, 2.05) is 35.6 Å². The summed E-state index contributed by atoms with van der Waals surface area (Å²) in [5.41, 5.74) is 2.97. The number of benzene rings is 2. The minimum absolute atomic E-state index is 0.0682. The predicted octanol–water partition coefficient (Wildman–Crippen LogP) is 3.02. The third kappa shape index (κ3) is 3.96. The number of phenols is 1. The van der Waals surface area contributed by atoms with Gasteiger partial charge in [0.2, 0.25) is 0 Å². The van der Waals surface area contributed by atoms with E-state index in [4.69, 9.17) is 22.4 Å². The molecule has 1 amide bonds. The fourth-order valence-corrected chi connectivity index (χ4v) is 1.72. The number of nitrogens with one attached hydrogen (secondary N) is 2. The number of phenolic OH excluding ortho intramolecular Hbond substituents is 1. The zero-order valence-corrected chi connectivity index (χ0v) is 11.1. The van der Waals surface area contributed by atoms with Crippen molar-refractivity contribution in [2.75, 3.05) is 5.32 Å². The molecule has 6 heteroatoms. The summed E-state index contributed by atoms with van der Waals surface area (Å²) in [6.45, 7) is 0. The summed E-state index contributed by atoms with van der Waals surface area (Å²) in [6.07, 6.45) is -1.17. The van der Waals surface area contributed by atoms with E-state index in [-0.39, 0.29) is 5.11 Å². The van der Waals surface area contributed by atoms with E-state index in [1.165, 1.54) is 5.56 Å². The van der Waals surface area contributed by atoms with Crippen LogP contribution >= 0.6 is 12.2 Å². The van der Waals surface area contributed by atoms with Crippen LogP contribution in [0, 0.1) is 0 Å². The second-order valence-electron chi connectivity index (χ2n) is 3.98. The van der Waals surface area contributed by atoms with E-state index in [9.17, 15) is 4.79 Å². The molecule has 0 saturated heterocycles. The molecule has 0 atom stereocenters. The smallest absolute Gasteiger partial charge is 0.410 e. The monoisotopic (exact) mass is 288 g/mol. The van der Waals surface area contributed by atoms with Gasteiger partial charge in [0.1, 0.15) is 5.75 Å². The first-order valence-corrected chi connectivity index (χ1v) is 6.16. The van der Waals surface area contributed by atoms with E-state index in [1.54, 1.807) is 18.2 Å². The summed E-state index contributed by atoms with van der Waals surface area (Å²) < 4.78 is 0. The number of rotatable bonds is 1. The number of carbonyl (C=O) groups is 1.